The Morgan fingerprint density at radius 1 is 1.30 bits per heavy atom. The summed E-state index contributed by atoms with van der Waals surface area (Å²) in [5.41, 5.74) is 0. The van der Waals surface area contributed by atoms with Gasteiger partial charge >= 0.3 is 0 Å². The van der Waals surface area contributed by atoms with E-state index in [1.807, 2.05) is 0 Å². The lowest BCUT2D eigenvalue weighted by Gasteiger charge is -2.02. The predicted octanol–water partition coefficient (Wildman–Crippen LogP) is 1.40. The topological polar surface area (TPSA) is 21.3 Å². The van der Waals surface area contributed by atoms with Gasteiger partial charge in [-0.3, -0.25) is 0 Å². The molecule has 0 saturated carbocycles. The van der Waals surface area contributed by atoms with Gasteiger partial charge in [-0.25, -0.2) is 0 Å². The molecule has 0 aliphatic heterocycles. The van der Waals surface area contributed by atoms with E-state index in [2.05, 4.69) is 28.2 Å². The summed E-state index contributed by atoms with van der Waals surface area (Å²) in [6.45, 7) is 5.82. The smallest absolute Gasteiger partial charge is 0.0590 e. The predicted molar refractivity (Wildman–Crippen MR) is 47.8 cm³/mol. The molecule has 0 fully saturated rings. The Bertz CT molecular complexity index is 53.6. The summed E-state index contributed by atoms with van der Waals surface area (Å²) >= 11 is 3.33. The molecule has 0 heterocycles. The molecule has 0 rings (SSSR count). The zero-order valence-corrected chi connectivity index (χ0v) is 8.11. The molecule has 0 spiro atoms. The van der Waals surface area contributed by atoms with Crippen molar-refractivity contribution in [3.8, 4) is 0 Å². The van der Waals surface area contributed by atoms with Crippen molar-refractivity contribution in [2.45, 2.75) is 13.3 Å². The van der Waals surface area contributed by atoms with E-state index in [1.54, 1.807) is 0 Å². The Morgan fingerprint density at radius 2 is 2.10 bits per heavy atom. The zero-order valence-electron chi connectivity index (χ0n) is 6.53. The summed E-state index contributed by atoms with van der Waals surface area (Å²) in [5.74, 6) is 0. The van der Waals surface area contributed by atoms with E-state index in [-0.39, 0.29) is 0 Å². The molecule has 0 aromatic heterocycles. The molecule has 2 nitrogen and oxygen atoms in total. The molecule has 0 aromatic carbocycles. The number of halogens is 1. The van der Waals surface area contributed by atoms with Crippen LogP contribution in [-0.2, 0) is 4.74 Å². The average molecular weight is 210 g/mol. The molecule has 0 aromatic rings. The van der Waals surface area contributed by atoms with Crippen LogP contribution in [0.5, 0.6) is 0 Å². The quantitative estimate of drug-likeness (QED) is 0.506. The van der Waals surface area contributed by atoms with Crippen molar-refractivity contribution in [1.29, 1.82) is 0 Å². The highest BCUT2D eigenvalue weighted by atomic mass is 79.9. The van der Waals surface area contributed by atoms with Crippen molar-refractivity contribution in [3.63, 3.8) is 0 Å². The number of alkyl halides is 1. The lowest BCUT2D eigenvalue weighted by Crippen LogP contribution is -2.21. The first-order chi connectivity index (χ1) is 4.91. The van der Waals surface area contributed by atoms with Gasteiger partial charge in [0, 0.05) is 25.0 Å². The maximum atomic E-state index is 5.25. The molecule has 3 heteroatoms. The van der Waals surface area contributed by atoms with Gasteiger partial charge < -0.3 is 10.1 Å². The maximum absolute atomic E-state index is 5.25. The monoisotopic (exact) mass is 209 g/mol. The second kappa shape index (κ2) is 9.40. The van der Waals surface area contributed by atoms with Crippen LogP contribution in [0, 0.1) is 0 Å². The van der Waals surface area contributed by atoms with Gasteiger partial charge in [0.1, 0.15) is 0 Å². The van der Waals surface area contributed by atoms with E-state index in [0.717, 1.165) is 38.1 Å². The van der Waals surface area contributed by atoms with Crippen LogP contribution in [0.3, 0.4) is 0 Å². The van der Waals surface area contributed by atoms with E-state index >= 15 is 0 Å². The largest absolute Gasteiger partial charge is 0.380 e. The van der Waals surface area contributed by atoms with Crippen LogP contribution in [-0.4, -0.2) is 31.6 Å². The fraction of sp³-hybridized carbons (Fsp3) is 1.00. The first-order valence-electron chi connectivity index (χ1n) is 3.76. The molecule has 0 aliphatic carbocycles. The molecule has 0 radical (unpaired) electrons. The van der Waals surface area contributed by atoms with Gasteiger partial charge in [0.15, 0.2) is 0 Å². The summed E-state index contributed by atoms with van der Waals surface area (Å²) in [5, 5.41) is 4.24. The first-order valence-corrected chi connectivity index (χ1v) is 4.88. The molecule has 0 atom stereocenters. The fourth-order valence-corrected chi connectivity index (χ4v) is 0.863. The van der Waals surface area contributed by atoms with Crippen LogP contribution >= 0.6 is 15.9 Å². The Labute approximate surface area is 71.5 Å². The van der Waals surface area contributed by atoms with Gasteiger partial charge in [-0.1, -0.05) is 22.9 Å². The van der Waals surface area contributed by atoms with Gasteiger partial charge in [-0.2, -0.15) is 0 Å². The van der Waals surface area contributed by atoms with Gasteiger partial charge in [0.2, 0.25) is 0 Å². The Kier molecular flexibility index (Phi) is 9.78. The third-order valence-corrected chi connectivity index (χ3v) is 1.44. The van der Waals surface area contributed by atoms with E-state index in [9.17, 15) is 0 Å². The fourth-order valence-electron chi connectivity index (χ4n) is 0.583. The van der Waals surface area contributed by atoms with E-state index in [4.69, 9.17) is 4.74 Å². The Balaban J connectivity index is 2.65. The van der Waals surface area contributed by atoms with Crippen molar-refractivity contribution in [2.24, 2.45) is 0 Å². The molecule has 0 bridgehead atoms. The molecular formula is C7H16BrNO. The number of hydrogen-bond acceptors (Lipinski definition) is 2. The van der Waals surface area contributed by atoms with Crippen LogP contribution in [0.1, 0.15) is 13.3 Å². The molecule has 0 aliphatic rings. The maximum Gasteiger partial charge on any atom is 0.0590 e. The van der Waals surface area contributed by atoms with Crippen molar-refractivity contribution in [1.82, 2.24) is 5.32 Å². The molecule has 0 amide bonds. The van der Waals surface area contributed by atoms with Crippen molar-refractivity contribution < 1.29 is 4.74 Å². The first kappa shape index (κ1) is 10.4. The number of rotatable bonds is 7. The minimum atomic E-state index is 0.834. The summed E-state index contributed by atoms with van der Waals surface area (Å²) in [7, 11) is 0. The lowest BCUT2D eigenvalue weighted by atomic mass is 10.5. The molecule has 0 unspecified atom stereocenters. The highest BCUT2D eigenvalue weighted by Gasteiger charge is 1.85. The number of nitrogens with one attached hydrogen (secondary N) is 1. The minimum Gasteiger partial charge on any atom is -0.380 e. The molecule has 62 valence electrons. The lowest BCUT2D eigenvalue weighted by molar-refractivity contribution is 0.137. The van der Waals surface area contributed by atoms with Crippen molar-refractivity contribution in [3.05, 3.63) is 0 Å². The van der Waals surface area contributed by atoms with Crippen LogP contribution in [0.25, 0.3) is 0 Å². The van der Waals surface area contributed by atoms with Gasteiger partial charge in [-0.05, 0) is 6.42 Å². The van der Waals surface area contributed by atoms with Crippen LogP contribution < -0.4 is 5.32 Å². The van der Waals surface area contributed by atoms with Crippen LogP contribution in [0.15, 0.2) is 0 Å². The van der Waals surface area contributed by atoms with E-state index in [0.29, 0.717) is 0 Å². The minimum absolute atomic E-state index is 0.834. The second-order valence-electron chi connectivity index (χ2n) is 2.05. The zero-order chi connectivity index (χ0) is 7.66. The molecular weight excluding hydrogens is 194 g/mol. The number of ether oxygens (including phenoxy) is 1. The van der Waals surface area contributed by atoms with Gasteiger partial charge in [0.05, 0.1) is 6.61 Å². The standard InChI is InChI=1S/C7H16BrNO/c1-2-6-10-7-5-9-4-3-8/h9H,2-7H2,1H3. The number of hydrogen-bond donors (Lipinski definition) is 1. The summed E-state index contributed by atoms with van der Waals surface area (Å²) in [6.07, 6.45) is 1.11. The van der Waals surface area contributed by atoms with E-state index < -0.39 is 0 Å². The normalized spacial score (nSPS) is 10.2. The van der Waals surface area contributed by atoms with Gasteiger partial charge in [-0.15, -0.1) is 0 Å². The Hall–Kier alpha value is 0.400. The summed E-state index contributed by atoms with van der Waals surface area (Å²) < 4.78 is 5.25. The third kappa shape index (κ3) is 8.40. The van der Waals surface area contributed by atoms with Crippen molar-refractivity contribution >= 4 is 15.9 Å². The molecule has 10 heavy (non-hydrogen) atoms. The SMILES string of the molecule is CCCOCCNCCBr. The van der Waals surface area contributed by atoms with E-state index in [1.165, 1.54) is 0 Å². The van der Waals surface area contributed by atoms with Crippen LogP contribution in [0.4, 0.5) is 0 Å². The Morgan fingerprint density at radius 3 is 2.70 bits per heavy atom. The summed E-state index contributed by atoms with van der Waals surface area (Å²) in [4.78, 5) is 0. The highest BCUT2D eigenvalue weighted by molar-refractivity contribution is 9.09. The second-order valence-corrected chi connectivity index (χ2v) is 2.84. The third-order valence-electron chi connectivity index (χ3n) is 1.04. The molecule has 1 N–H and O–H groups in total. The summed E-state index contributed by atoms with van der Waals surface area (Å²) in [6, 6.07) is 0. The van der Waals surface area contributed by atoms with Crippen molar-refractivity contribution in [2.75, 3.05) is 31.6 Å². The van der Waals surface area contributed by atoms with Gasteiger partial charge in [0.25, 0.3) is 0 Å². The van der Waals surface area contributed by atoms with Crippen LogP contribution in [0.2, 0.25) is 0 Å². The average Bonchev–Trinajstić information content (AvgIpc) is 1.97. The highest BCUT2D eigenvalue weighted by Crippen LogP contribution is 1.78. The molecule has 0 saturated heterocycles.